The zero-order valence-electron chi connectivity index (χ0n) is 13.6. The third kappa shape index (κ3) is 1.74. The van der Waals surface area contributed by atoms with Crippen LogP contribution in [0.3, 0.4) is 0 Å². The van der Waals surface area contributed by atoms with Gasteiger partial charge >= 0.3 is 0 Å². The predicted octanol–water partition coefficient (Wildman–Crippen LogP) is 5.18. The zero-order chi connectivity index (χ0) is 16.1. The number of pyridine rings is 1. The lowest BCUT2D eigenvalue weighted by atomic mass is 9.73. The summed E-state index contributed by atoms with van der Waals surface area (Å²) in [6.45, 7) is 0. The van der Waals surface area contributed by atoms with Crippen LogP contribution in [0.2, 0.25) is 0 Å². The molecule has 0 atom stereocenters. The third-order valence-electron chi connectivity index (χ3n) is 5.88. The van der Waals surface area contributed by atoms with Crippen LogP contribution >= 0.6 is 0 Å². The van der Waals surface area contributed by atoms with Crippen LogP contribution in [-0.2, 0) is 5.41 Å². The molecular weight excluding hydrogens is 292 g/mol. The molecule has 0 saturated heterocycles. The van der Waals surface area contributed by atoms with E-state index in [1.807, 2.05) is 6.20 Å². The van der Waals surface area contributed by atoms with Gasteiger partial charge in [0.25, 0.3) is 0 Å². The van der Waals surface area contributed by atoms with Gasteiger partial charge in [-0.3, -0.25) is 0 Å². The second-order valence-corrected chi connectivity index (χ2v) is 7.03. The van der Waals surface area contributed by atoms with Gasteiger partial charge in [0.1, 0.15) is 5.82 Å². The standard InChI is InChI=1S/C22H20N2/c23-21-18-8-5-7-17(16(18)10-13-24-21)20-14-15-6-1-2-9-19(15)22(20)11-3-4-12-22/h1-2,5-10,13-14H,3-4,11-12H2,(H2,23,24). The normalized spacial score (nSPS) is 18.1. The molecule has 2 aromatic carbocycles. The first-order valence-electron chi connectivity index (χ1n) is 8.75. The Balaban J connectivity index is 1.80. The summed E-state index contributed by atoms with van der Waals surface area (Å²) in [4.78, 5) is 4.26. The highest BCUT2D eigenvalue weighted by molar-refractivity contribution is 6.05. The van der Waals surface area contributed by atoms with Crippen molar-refractivity contribution in [3.8, 4) is 0 Å². The van der Waals surface area contributed by atoms with Crippen molar-refractivity contribution in [1.29, 1.82) is 0 Å². The largest absolute Gasteiger partial charge is 0.383 e. The van der Waals surface area contributed by atoms with E-state index in [4.69, 9.17) is 5.73 Å². The van der Waals surface area contributed by atoms with Crippen molar-refractivity contribution in [3.63, 3.8) is 0 Å². The summed E-state index contributed by atoms with van der Waals surface area (Å²) >= 11 is 0. The number of allylic oxidation sites excluding steroid dienone is 1. The molecule has 2 aliphatic rings. The van der Waals surface area contributed by atoms with E-state index >= 15 is 0 Å². The van der Waals surface area contributed by atoms with Crippen LogP contribution in [0, 0.1) is 0 Å². The van der Waals surface area contributed by atoms with E-state index < -0.39 is 0 Å². The fourth-order valence-corrected chi connectivity index (χ4v) is 4.81. The molecule has 1 fully saturated rings. The molecule has 2 heteroatoms. The van der Waals surface area contributed by atoms with Crippen molar-refractivity contribution in [2.75, 3.05) is 5.73 Å². The predicted molar refractivity (Wildman–Crippen MR) is 101 cm³/mol. The highest BCUT2D eigenvalue weighted by Crippen LogP contribution is 2.56. The van der Waals surface area contributed by atoms with Crippen molar-refractivity contribution in [2.45, 2.75) is 31.1 Å². The van der Waals surface area contributed by atoms with E-state index in [0.29, 0.717) is 5.82 Å². The van der Waals surface area contributed by atoms with Gasteiger partial charge in [0.05, 0.1) is 0 Å². The molecule has 5 rings (SSSR count). The topological polar surface area (TPSA) is 38.9 Å². The first-order valence-corrected chi connectivity index (χ1v) is 8.75. The molecule has 1 saturated carbocycles. The minimum atomic E-state index is 0.183. The van der Waals surface area contributed by atoms with Gasteiger partial charge in [-0.05, 0) is 52.6 Å². The van der Waals surface area contributed by atoms with E-state index in [-0.39, 0.29) is 5.41 Å². The Bertz CT molecular complexity index is 978. The van der Waals surface area contributed by atoms with Gasteiger partial charge in [-0.25, -0.2) is 4.98 Å². The summed E-state index contributed by atoms with van der Waals surface area (Å²) in [6.07, 6.45) is 9.33. The summed E-state index contributed by atoms with van der Waals surface area (Å²) in [5.74, 6) is 0.617. The second-order valence-electron chi connectivity index (χ2n) is 7.03. The lowest BCUT2D eigenvalue weighted by molar-refractivity contribution is 0.587. The quantitative estimate of drug-likeness (QED) is 0.672. The molecule has 2 nitrogen and oxygen atoms in total. The minimum absolute atomic E-state index is 0.183. The summed E-state index contributed by atoms with van der Waals surface area (Å²) in [5.41, 5.74) is 12.0. The minimum Gasteiger partial charge on any atom is -0.383 e. The maximum Gasteiger partial charge on any atom is 0.131 e. The van der Waals surface area contributed by atoms with Gasteiger partial charge in [-0.1, -0.05) is 55.3 Å². The summed E-state index contributed by atoms with van der Waals surface area (Å²) in [6, 6.07) is 17.4. The maximum atomic E-state index is 6.12. The lowest BCUT2D eigenvalue weighted by Crippen LogP contribution is -2.21. The summed E-state index contributed by atoms with van der Waals surface area (Å²) in [5, 5.41) is 2.27. The van der Waals surface area contributed by atoms with Crippen molar-refractivity contribution >= 4 is 28.2 Å². The summed E-state index contributed by atoms with van der Waals surface area (Å²) < 4.78 is 0. The van der Waals surface area contributed by atoms with Crippen LogP contribution in [0.1, 0.15) is 42.4 Å². The molecule has 3 aromatic rings. The molecule has 1 spiro atoms. The first kappa shape index (κ1) is 13.8. The number of hydrogen-bond acceptors (Lipinski definition) is 2. The van der Waals surface area contributed by atoms with Crippen molar-refractivity contribution in [2.24, 2.45) is 0 Å². The number of benzene rings is 2. The molecule has 24 heavy (non-hydrogen) atoms. The Morgan fingerprint density at radius 2 is 1.71 bits per heavy atom. The maximum absolute atomic E-state index is 6.12. The van der Waals surface area contributed by atoms with Crippen molar-refractivity contribution < 1.29 is 0 Å². The number of fused-ring (bicyclic) bond motifs is 3. The molecule has 1 heterocycles. The number of hydrogen-bond donors (Lipinski definition) is 1. The van der Waals surface area contributed by atoms with Crippen LogP contribution in [-0.4, -0.2) is 4.98 Å². The Labute approximate surface area is 142 Å². The number of anilines is 1. The van der Waals surface area contributed by atoms with Crippen LogP contribution < -0.4 is 5.73 Å². The molecule has 2 aliphatic carbocycles. The molecule has 0 unspecified atom stereocenters. The molecule has 0 radical (unpaired) electrons. The second kappa shape index (κ2) is 4.94. The van der Waals surface area contributed by atoms with Crippen molar-refractivity contribution in [1.82, 2.24) is 4.98 Å². The number of rotatable bonds is 1. The van der Waals surface area contributed by atoms with E-state index in [0.717, 1.165) is 5.39 Å². The van der Waals surface area contributed by atoms with Crippen LogP contribution in [0.15, 0.2) is 54.7 Å². The van der Waals surface area contributed by atoms with E-state index in [9.17, 15) is 0 Å². The first-order chi connectivity index (χ1) is 11.8. The van der Waals surface area contributed by atoms with Crippen molar-refractivity contribution in [3.05, 3.63) is 71.4 Å². The zero-order valence-corrected chi connectivity index (χ0v) is 13.6. The Morgan fingerprint density at radius 3 is 2.58 bits per heavy atom. The Kier molecular flexibility index (Phi) is 2.84. The molecule has 1 aromatic heterocycles. The fraction of sp³-hybridized carbons (Fsp3) is 0.227. The Hall–Kier alpha value is -2.61. The monoisotopic (exact) mass is 312 g/mol. The number of nitrogen functional groups attached to an aromatic ring is 1. The smallest absolute Gasteiger partial charge is 0.131 e. The number of nitrogens with two attached hydrogens (primary N) is 1. The van der Waals surface area contributed by atoms with Gasteiger partial charge in [0.15, 0.2) is 0 Å². The van der Waals surface area contributed by atoms with Crippen LogP contribution in [0.4, 0.5) is 5.82 Å². The lowest BCUT2D eigenvalue weighted by Gasteiger charge is -2.30. The van der Waals surface area contributed by atoms with Gasteiger partial charge in [-0.15, -0.1) is 0 Å². The van der Waals surface area contributed by atoms with Gasteiger partial charge in [0.2, 0.25) is 0 Å². The third-order valence-corrected chi connectivity index (χ3v) is 5.88. The van der Waals surface area contributed by atoms with E-state index in [2.05, 4.69) is 59.6 Å². The molecule has 2 N–H and O–H groups in total. The average Bonchev–Trinajstić information content (AvgIpc) is 3.22. The van der Waals surface area contributed by atoms with Gasteiger partial charge in [0, 0.05) is 17.0 Å². The molecule has 0 bridgehead atoms. The van der Waals surface area contributed by atoms with E-state index in [1.165, 1.54) is 53.3 Å². The highest BCUT2D eigenvalue weighted by atomic mass is 14.8. The summed E-state index contributed by atoms with van der Waals surface area (Å²) in [7, 11) is 0. The SMILES string of the molecule is Nc1nccc2c(C3=Cc4ccccc4C34CCCC4)cccc12. The molecule has 0 aliphatic heterocycles. The molecule has 118 valence electrons. The van der Waals surface area contributed by atoms with Gasteiger partial charge < -0.3 is 5.73 Å². The fourth-order valence-electron chi connectivity index (χ4n) is 4.81. The van der Waals surface area contributed by atoms with Crippen LogP contribution in [0.5, 0.6) is 0 Å². The number of nitrogens with zero attached hydrogens (tertiary/aromatic N) is 1. The molecule has 0 amide bonds. The average molecular weight is 312 g/mol. The number of aromatic nitrogens is 1. The van der Waals surface area contributed by atoms with Gasteiger partial charge in [-0.2, -0.15) is 0 Å². The van der Waals surface area contributed by atoms with E-state index in [1.54, 1.807) is 0 Å². The van der Waals surface area contributed by atoms with Crippen LogP contribution in [0.25, 0.3) is 22.4 Å². The Morgan fingerprint density at radius 1 is 0.875 bits per heavy atom. The molecular formula is C22H20N2. The highest BCUT2D eigenvalue weighted by Gasteiger charge is 2.44.